The third-order valence-corrected chi connectivity index (χ3v) is 4.11. The molecule has 0 spiro atoms. The van der Waals surface area contributed by atoms with E-state index in [-0.39, 0.29) is 24.5 Å². The number of amides is 1. The van der Waals surface area contributed by atoms with Crippen molar-refractivity contribution in [1.82, 2.24) is 4.90 Å². The quantitative estimate of drug-likeness (QED) is 0.508. The number of Topliss-reactive ketones (excluding diaryl/α,β-unsaturated/α-hetero) is 1. The maximum atomic E-state index is 13.2. The molecule has 1 aliphatic heterocycles. The van der Waals surface area contributed by atoms with E-state index in [0.717, 1.165) is 0 Å². The number of aliphatic hydroxyl groups is 2. The molecule has 0 aromatic heterocycles. The molecular weight excluding hydrogens is 325 g/mol. The lowest BCUT2D eigenvalue weighted by molar-refractivity contribution is -0.140. The van der Waals surface area contributed by atoms with Crippen LogP contribution in [0.3, 0.4) is 0 Å². The van der Waals surface area contributed by atoms with Crippen LogP contribution >= 0.6 is 0 Å². The Morgan fingerprint density at radius 2 is 1.68 bits per heavy atom. The number of aliphatic hydroxyl groups excluding tert-OH is 2. The summed E-state index contributed by atoms with van der Waals surface area (Å²) in [6.07, 6.45) is 0. The molecule has 5 nitrogen and oxygen atoms in total. The van der Waals surface area contributed by atoms with Gasteiger partial charge in [-0.2, -0.15) is 0 Å². The number of halogens is 1. The topological polar surface area (TPSA) is 77.8 Å². The highest BCUT2D eigenvalue weighted by atomic mass is 19.1. The minimum Gasteiger partial charge on any atom is -0.507 e. The van der Waals surface area contributed by atoms with Crippen molar-refractivity contribution in [1.29, 1.82) is 0 Å². The molecule has 0 bridgehead atoms. The predicted octanol–water partition coefficient (Wildman–Crippen LogP) is 2.24. The highest BCUT2D eigenvalue weighted by molar-refractivity contribution is 6.46. The van der Waals surface area contributed by atoms with Crippen LogP contribution in [0.15, 0.2) is 60.2 Å². The summed E-state index contributed by atoms with van der Waals surface area (Å²) < 4.78 is 13.2. The van der Waals surface area contributed by atoms with Gasteiger partial charge in [-0.1, -0.05) is 42.5 Å². The van der Waals surface area contributed by atoms with Crippen LogP contribution < -0.4 is 0 Å². The van der Waals surface area contributed by atoms with E-state index < -0.39 is 23.5 Å². The van der Waals surface area contributed by atoms with E-state index in [1.165, 1.54) is 29.2 Å². The summed E-state index contributed by atoms with van der Waals surface area (Å²) in [5.41, 5.74) is 0.805. The normalized spacial score (nSPS) is 19.4. The predicted molar refractivity (Wildman–Crippen MR) is 88.9 cm³/mol. The van der Waals surface area contributed by atoms with Crippen molar-refractivity contribution >= 4 is 17.4 Å². The van der Waals surface area contributed by atoms with Gasteiger partial charge in [0, 0.05) is 12.1 Å². The summed E-state index contributed by atoms with van der Waals surface area (Å²) >= 11 is 0. The van der Waals surface area contributed by atoms with Crippen molar-refractivity contribution in [3.05, 3.63) is 77.1 Å². The van der Waals surface area contributed by atoms with Crippen LogP contribution in [0.2, 0.25) is 0 Å². The molecule has 25 heavy (non-hydrogen) atoms. The lowest BCUT2D eigenvalue weighted by Gasteiger charge is -2.24. The Labute approximate surface area is 143 Å². The second-order valence-corrected chi connectivity index (χ2v) is 5.63. The zero-order valence-corrected chi connectivity index (χ0v) is 13.2. The average molecular weight is 341 g/mol. The molecule has 2 aromatic carbocycles. The van der Waals surface area contributed by atoms with Crippen LogP contribution in [0.4, 0.5) is 4.39 Å². The van der Waals surface area contributed by atoms with Gasteiger partial charge in [0.15, 0.2) is 0 Å². The van der Waals surface area contributed by atoms with Crippen molar-refractivity contribution in [2.45, 2.75) is 6.04 Å². The van der Waals surface area contributed by atoms with Gasteiger partial charge in [0.25, 0.3) is 11.7 Å². The largest absolute Gasteiger partial charge is 0.507 e. The van der Waals surface area contributed by atoms with E-state index in [1.807, 2.05) is 0 Å². The van der Waals surface area contributed by atoms with Gasteiger partial charge < -0.3 is 15.1 Å². The third kappa shape index (κ3) is 3.04. The second-order valence-electron chi connectivity index (χ2n) is 5.63. The first-order valence-electron chi connectivity index (χ1n) is 7.74. The van der Waals surface area contributed by atoms with E-state index in [2.05, 4.69) is 0 Å². The summed E-state index contributed by atoms with van der Waals surface area (Å²) in [6, 6.07) is 12.9. The van der Waals surface area contributed by atoms with Crippen LogP contribution in [0.5, 0.6) is 0 Å². The molecule has 0 radical (unpaired) electrons. The van der Waals surface area contributed by atoms with E-state index in [9.17, 15) is 24.2 Å². The van der Waals surface area contributed by atoms with Crippen molar-refractivity contribution in [3.8, 4) is 0 Å². The fraction of sp³-hybridized carbons (Fsp3) is 0.158. The zero-order chi connectivity index (χ0) is 18.0. The lowest BCUT2D eigenvalue weighted by Crippen LogP contribution is -2.32. The van der Waals surface area contributed by atoms with Crippen LogP contribution in [0.1, 0.15) is 17.2 Å². The Kier molecular flexibility index (Phi) is 4.63. The van der Waals surface area contributed by atoms with Gasteiger partial charge in [0.1, 0.15) is 11.6 Å². The summed E-state index contributed by atoms with van der Waals surface area (Å²) in [7, 11) is 0. The zero-order valence-electron chi connectivity index (χ0n) is 13.2. The van der Waals surface area contributed by atoms with Crippen LogP contribution in [-0.4, -0.2) is 40.0 Å². The molecule has 128 valence electrons. The maximum absolute atomic E-state index is 13.2. The number of hydrogen-bond acceptors (Lipinski definition) is 4. The molecule has 0 aliphatic carbocycles. The van der Waals surface area contributed by atoms with Gasteiger partial charge >= 0.3 is 0 Å². The minimum atomic E-state index is -0.882. The lowest BCUT2D eigenvalue weighted by atomic mass is 9.95. The molecule has 1 amide bonds. The summed E-state index contributed by atoms with van der Waals surface area (Å²) in [5, 5.41) is 19.9. The van der Waals surface area contributed by atoms with E-state index >= 15 is 0 Å². The van der Waals surface area contributed by atoms with Crippen LogP contribution in [-0.2, 0) is 9.59 Å². The first kappa shape index (κ1) is 16.9. The number of carbonyl (C=O) groups excluding carboxylic acids is 2. The fourth-order valence-electron chi connectivity index (χ4n) is 2.96. The highest BCUT2D eigenvalue weighted by Crippen LogP contribution is 2.39. The van der Waals surface area contributed by atoms with Gasteiger partial charge in [0.2, 0.25) is 0 Å². The molecule has 1 fully saturated rings. The minimum absolute atomic E-state index is 0.0712. The average Bonchev–Trinajstić information content (AvgIpc) is 2.88. The van der Waals surface area contributed by atoms with E-state index in [4.69, 9.17) is 0 Å². The number of rotatable bonds is 4. The Morgan fingerprint density at radius 1 is 1.04 bits per heavy atom. The molecule has 1 heterocycles. The van der Waals surface area contributed by atoms with Crippen molar-refractivity contribution in [2.24, 2.45) is 0 Å². The first-order chi connectivity index (χ1) is 12.0. The molecule has 1 saturated heterocycles. The number of ketones is 1. The molecule has 1 aliphatic rings. The van der Waals surface area contributed by atoms with Crippen molar-refractivity contribution < 1.29 is 24.2 Å². The van der Waals surface area contributed by atoms with Crippen molar-refractivity contribution in [3.63, 3.8) is 0 Å². The molecule has 0 saturated carbocycles. The number of β-amino-alcohol motifs (C(OH)–C–C–N with tert-alkyl or cyclic N) is 1. The smallest absolute Gasteiger partial charge is 0.295 e. The molecule has 1 unspecified atom stereocenters. The summed E-state index contributed by atoms with van der Waals surface area (Å²) in [4.78, 5) is 26.0. The standard InChI is InChI=1S/C19H16FNO4/c20-14-8-6-12(7-9-14)16-15(17(23)13-4-2-1-3-5-13)18(24)19(25)21(16)10-11-22/h1-9,16,22-23H,10-11H2. The maximum Gasteiger partial charge on any atom is 0.295 e. The number of nitrogens with zero attached hydrogens (tertiary/aromatic N) is 1. The molecule has 1 atom stereocenters. The Bertz CT molecular complexity index is 830. The molecule has 2 N–H and O–H groups in total. The molecule has 2 aromatic rings. The van der Waals surface area contributed by atoms with Crippen LogP contribution in [0.25, 0.3) is 5.76 Å². The molecular formula is C19H16FNO4. The molecule has 3 rings (SSSR count). The Hall–Kier alpha value is -2.99. The summed E-state index contributed by atoms with van der Waals surface area (Å²) in [5.74, 6) is -2.38. The summed E-state index contributed by atoms with van der Waals surface area (Å²) in [6.45, 7) is -0.408. The van der Waals surface area contributed by atoms with E-state index in [1.54, 1.807) is 30.3 Å². The van der Waals surface area contributed by atoms with Gasteiger partial charge in [-0.15, -0.1) is 0 Å². The van der Waals surface area contributed by atoms with E-state index in [0.29, 0.717) is 11.1 Å². The van der Waals surface area contributed by atoms with Gasteiger partial charge in [-0.05, 0) is 17.7 Å². The number of carbonyl (C=O) groups is 2. The van der Waals surface area contributed by atoms with Crippen LogP contribution in [0, 0.1) is 5.82 Å². The fourth-order valence-corrected chi connectivity index (χ4v) is 2.96. The third-order valence-electron chi connectivity index (χ3n) is 4.11. The molecule has 6 heteroatoms. The Balaban J connectivity index is 2.18. The van der Waals surface area contributed by atoms with Gasteiger partial charge in [-0.3, -0.25) is 9.59 Å². The van der Waals surface area contributed by atoms with Gasteiger partial charge in [-0.25, -0.2) is 4.39 Å². The number of hydrogen-bond donors (Lipinski definition) is 2. The highest BCUT2D eigenvalue weighted by Gasteiger charge is 2.45. The monoisotopic (exact) mass is 341 g/mol. The number of benzene rings is 2. The second kappa shape index (κ2) is 6.86. The first-order valence-corrected chi connectivity index (χ1v) is 7.74. The number of likely N-dealkylation sites (tertiary alicyclic amines) is 1. The Morgan fingerprint density at radius 3 is 2.28 bits per heavy atom. The van der Waals surface area contributed by atoms with Gasteiger partial charge in [0.05, 0.1) is 18.2 Å². The SMILES string of the molecule is O=C1C(=O)N(CCO)C(c2ccc(F)cc2)C1=C(O)c1ccccc1. The van der Waals surface area contributed by atoms with Crippen molar-refractivity contribution in [2.75, 3.05) is 13.2 Å².